The van der Waals surface area contributed by atoms with Crippen molar-refractivity contribution in [3.05, 3.63) is 52.4 Å². The zero-order chi connectivity index (χ0) is 15.9. The van der Waals surface area contributed by atoms with E-state index in [2.05, 4.69) is 4.98 Å². The number of rotatable bonds is 3. The van der Waals surface area contributed by atoms with Crippen molar-refractivity contribution in [2.75, 3.05) is 0 Å². The molecule has 0 atom stereocenters. The van der Waals surface area contributed by atoms with E-state index < -0.39 is 0 Å². The molecule has 2 N–H and O–H groups in total. The van der Waals surface area contributed by atoms with E-state index in [4.69, 9.17) is 0 Å². The number of hydrogen-bond acceptors (Lipinski definition) is 2. The van der Waals surface area contributed by atoms with Crippen LogP contribution in [0.3, 0.4) is 0 Å². The Morgan fingerprint density at radius 1 is 1.09 bits per heavy atom. The Balaban J connectivity index is 1.53. The molecule has 120 valence electrons. The van der Waals surface area contributed by atoms with E-state index >= 15 is 0 Å². The maximum atomic E-state index is 12.4. The lowest BCUT2D eigenvalue weighted by Gasteiger charge is -2.28. The number of aromatic amines is 1. The second-order valence-electron chi connectivity index (χ2n) is 7.40. The Kier molecular flexibility index (Phi) is 3.51. The smallest absolute Gasteiger partial charge is 0.259 e. The highest BCUT2D eigenvalue weighted by Gasteiger charge is 2.44. The minimum atomic E-state index is -0.194. The zero-order valence-electron chi connectivity index (χ0n) is 13.3. The van der Waals surface area contributed by atoms with Gasteiger partial charge in [0.05, 0.1) is 5.56 Å². The van der Waals surface area contributed by atoms with Crippen LogP contribution in [-0.2, 0) is 6.42 Å². The van der Waals surface area contributed by atoms with Gasteiger partial charge in [-0.15, -0.1) is 0 Å². The van der Waals surface area contributed by atoms with Crippen LogP contribution in [0.5, 0.6) is 5.75 Å². The van der Waals surface area contributed by atoms with E-state index in [1.54, 1.807) is 6.07 Å². The topological polar surface area (TPSA) is 53.1 Å². The third kappa shape index (κ3) is 2.92. The van der Waals surface area contributed by atoms with Gasteiger partial charge in [-0.05, 0) is 61.8 Å². The second-order valence-corrected chi connectivity index (χ2v) is 7.40. The van der Waals surface area contributed by atoms with Crippen LogP contribution in [0, 0.1) is 11.3 Å². The van der Waals surface area contributed by atoms with Gasteiger partial charge in [-0.3, -0.25) is 4.79 Å². The molecule has 2 aliphatic rings. The quantitative estimate of drug-likeness (QED) is 0.890. The lowest BCUT2D eigenvalue weighted by Crippen LogP contribution is -2.19. The molecule has 0 radical (unpaired) electrons. The molecule has 23 heavy (non-hydrogen) atoms. The Bertz CT molecular complexity index is 749. The van der Waals surface area contributed by atoms with Gasteiger partial charge in [0.1, 0.15) is 5.75 Å². The molecule has 3 nitrogen and oxygen atoms in total. The fourth-order valence-corrected chi connectivity index (χ4v) is 4.07. The molecule has 0 unspecified atom stereocenters. The summed E-state index contributed by atoms with van der Waals surface area (Å²) in [5.41, 5.74) is 2.49. The number of pyridine rings is 1. The molecule has 1 aromatic carbocycles. The summed E-state index contributed by atoms with van der Waals surface area (Å²) in [6.45, 7) is 0. The summed E-state index contributed by atoms with van der Waals surface area (Å²) in [6.07, 6.45) is 8.90. The molecule has 1 spiro atoms. The average Bonchev–Trinajstić information content (AvgIpc) is 3.30. The van der Waals surface area contributed by atoms with Gasteiger partial charge in [-0.2, -0.15) is 0 Å². The van der Waals surface area contributed by atoms with E-state index in [1.165, 1.54) is 38.5 Å². The zero-order valence-corrected chi connectivity index (χ0v) is 13.3. The van der Waals surface area contributed by atoms with Crippen molar-refractivity contribution in [2.45, 2.75) is 44.9 Å². The highest BCUT2D eigenvalue weighted by molar-refractivity contribution is 5.68. The number of benzene rings is 1. The summed E-state index contributed by atoms with van der Waals surface area (Å²) in [6, 6.07) is 11.1. The van der Waals surface area contributed by atoms with Crippen molar-refractivity contribution in [2.24, 2.45) is 11.3 Å². The maximum absolute atomic E-state index is 12.4. The fraction of sp³-hybridized carbons (Fsp3) is 0.450. The minimum Gasteiger partial charge on any atom is -0.507 e. The van der Waals surface area contributed by atoms with Gasteiger partial charge in [0, 0.05) is 11.8 Å². The maximum Gasteiger partial charge on any atom is 0.259 e. The van der Waals surface area contributed by atoms with Gasteiger partial charge < -0.3 is 10.1 Å². The van der Waals surface area contributed by atoms with Gasteiger partial charge in [0.2, 0.25) is 0 Å². The van der Waals surface area contributed by atoms with Crippen LogP contribution in [0.15, 0.2) is 41.2 Å². The molecule has 2 fully saturated rings. The van der Waals surface area contributed by atoms with Gasteiger partial charge >= 0.3 is 0 Å². The van der Waals surface area contributed by atoms with Crippen LogP contribution in [0.1, 0.15) is 44.2 Å². The monoisotopic (exact) mass is 309 g/mol. The molecule has 1 heterocycles. The van der Waals surface area contributed by atoms with Crippen LogP contribution in [-0.4, -0.2) is 10.1 Å². The molecule has 0 bridgehead atoms. The molecule has 0 saturated heterocycles. The Morgan fingerprint density at radius 2 is 1.78 bits per heavy atom. The van der Waals surface area contributed by atoms with Gasteiger partial charge in [-0.1, -0.05) is 30.3 Å². The summed E-state index contributed by atoms with van der Waals surface area (Å²) in [4.78, 5) is 15.4. The van der Waals surface area contributed by atoms with E-state index in [9.17, 15) is 9.90 Å². The van der Waals surface area contributed by atoms with Crippen LogP contribution in [0.4, 0.5) is 0 Å². The predicted octanol–water partition coefficient (Wildman–Crippen LogP) is 4.26. The summed E-state index contributed by atoms with van der Waals surface area (Å²) >= 11 is 0. The average molecular weight is 309 g/mol. The molecule has 2 aromatic rings. The Morgan fingerprint density at radius 3 is 2.39 bits per heavy atom. The fourth-order valence-electron chi connectivity index (χ4n) is 4.07. The molecule has 0 aliphatic heterocycles. The molecule has 3 heteroatoms. The van der Waals surface area contributed by atoms with Gasteiger partial charge in [0.15, 0.2) is 0 Å². The lowest BCUT2D eigenvalue weighted by atomic mass is 9.78. The first-order chi connectivity index (χ1) is 11.2. The summed E-state index contributed by atoms with van der Waals surface area (Å²) in [5, 5.41) is 10.3. The first-order valence-electron chi connectivity index (χ1n) is 8.66. The van der Waals surface area contributed by atoms with Crippen molar-refractivity contribution in [3.8, 4) is 16.9 Å². The molecule has 1 aromatic heterocycles. The summed E-state index contributed by atoms with van der Waals surface area (Å²) in [7, 11) is 0. The van der Waals surface area contributed by atoms with Gasteiger partial charge in [0.25, 0.3) is 5.56 Å². The van der Waals surface area contributed by atoms with Crippen LogP contribution >= 0.6 is 0 Å². The number of hydrogen-bond donors (Lipinski definition) is 2. The number of aromatic nitrogens is 1. The van der Waals surface area contributed by atoms with E-state index in [0.29, 0.717) is 16.9 Å². The molecular weight excluding hydrogens is 286 g/mol. The van der Waals surface area contributed by atoms with Crippen molar-refractivity contribution in [3.63, 3.8) is 0 Å². The highest BCUT2D eigenvalue weighted by atomic mass is 16.3. The normalized spacial score (nSPS) is 19.8. The van der Waals surface area contributed by atoms with E-state index in [1.807, 2.05) is 30.3 Å². The summed E-state index contributed by atoms with van der Waals surface area (Å²) in [5.74, 6) is 0.725. The number of nitrogens with one attached hydrogen (secondary N) is 1. The number of aromatic hydroxyl groups is 1. The van der Waals surface area contributed by atoms with Crippen molar-refractivity contribution in [1.29, 1.82) is 0 Å². The van der Waals surface area contributed by atoms with Crippen molar-refractivity contribution >= 4 is 0 Å². The molecule has 2 aliphatic carbocycles. The summed E-state index contributed by atoms with van der Waals surface area (Å²) < 4.78 is 0. The lowest BCUT2D eigenvalue weighted by molar-refractivity contribution is 0.255. The van der Waals surface area contributed by atoms with Gasteiger partial charge in [-0.25, -0.2) is 0 Å². The standard InChI is InChI=1S/C20H23NO2/c22-17-13-16(12-14-6-8-20(9-7-14)10-11-20)21-19(23)18(17)15-4-2-1-3-5-15/h1-5,13-14H,6-12H2,(H2,21,22,23). The van der Waals surface area contributed by atoms with E-state index in [-0.39, 0.29) is 11.3 Å². The first kappa shape index (κ1) is 14.6. The minimum absolute atomic E-state index is 0.0874. The van der Waals surface area contributed by atoms with Crippen LogP contribution < -0.4 is 5.56 Å². The SMILES string of the molecule is O=c1[nH]c(CC2CCC3(CC2)CC3)cc(O)c1-c1ccccc1. The second kappa shape index (κ2) is 5.55. The Hall–Kier alpha value is -2.03. The molecular formula is C20H23NO2. The van der Waals surface area contributed by atoms with Crippen LogP contribution in [0.25, 0.3) is 11.1 Å². The van der Waals surface area contributed by atoms with Crippen molar-refractivity contribution in [1.82, 2.24) is 4.98 Å². The predicted molar refractivity (Wildman–Crippen MR) is 91.5 cm³/mol. The third-order valence-corrected chi connectivity index (χ3v) is 5.76. The largest absolute Gasteiger partial charge is 0.507 e. The van der Waals surface area contributed by atoms with Crippen LogP contribution in [0.2, 0.25) is 0 Å². The molecule has 0 amide bonds. The highest BCUT2D eigenvalue weighted by Crippen LogP contribution is 2.57. The first-order valence-corrected chi connectivity index (χ1v) is 8.66. The van der Waals surface area contributed by atoms with Crippen molar-refractivity contribution < 1.29 is 5.11 Å². The third-order valence-electron chi connectivity index (χ3n) is 5.76. The number of H-pyrrole nitrogens is 1. The molecule has 4 rings (SSSR count). The Labute approximate surface area is 136 Å². The van der Waals surface area contributed by atoms with E-state index in [0.717, 1.165) is 17.7 Å². The molecule has 2 saturated carbocycles.